The van der Waals surface area contributed by atoms with E-state index < -0.39 is 0 Å². The summed E-state index contributed by atoms with van der Waals surface area (Å²) < 4.78 is 5.28. The summed E-state index contributed by atoms with van der Waals surface area (Å²) in [6, 6.07) is 0.342. The fourth-order valence-electron chi connectivity index (χ4n) is 2.15. The first-order valence-electron chi connectivity index (χ1n) is 6.07. The maximum atomic E-state index is 11.5. The highest BCUT2D eigenvalue weighted by molar-refractivity contribution is 5.70. The lowest BCUT2D eigenvalue weighted by Gasteiger charge is -2.14. The quantitative estimate of drug-likeness (QED) is 0.736. The van der Waals surface area contributed by atoms with Crippen molar-refractivity contribution in [2.45, 2.75) is 31.7 Å². The smallest absolute Gasteiger partial charge is 0.307 e. The first-order valence-corrected chi connectivity index (χ1v) is 6.07. The largest absolute Gasteiger partial charge is 0.465 e. The molecule has 2 unspecified atom stereocenters. The fraction of sp³-hybridized carbons (Fsp3) is 0.615. The van der Waals surface area contributed by atoms with Gasteiger partial charge in [0.05, 0.1) is 13.0 Å². The summed E-state index contributed by atoms with van der Waals surface area (Å²) in [5.74, 6) is 0.299. The maximum Gasteiger partial charge on any atom is 0.307 e. The van der Waals surface area contributed by atoms with Crippen LogP contribution in [0.2, 0.25) is 0 Å². The molecule has 0 radical (unpaired) electrons. The van der Waals surface area contributed by atoms with Crippen LogP contribution in [-0.2, 0) is 9.53 Å². The summed E-state index contributed by atoms with van der Waals surface area (Å²) >= 11 is 0. The van der Waals surface area contributed by atoms with Crippen molar-refractivity contribution in [2.75, 3.05) is 13.2 Å². The van der Waals surface area contributed by atoms with Crippen LogP contribution in [0.15, 0.2) is 24.3 Å². The van der Waals surface area contributed by atoms with E-state index in [4.69, 9.17) is 4.74 Å². The van der Waals surface area contributed by atoms with E-state index in [2.05, 4.69) is 17.5 Å². The Kier molecular flexibility index (Phi) is 4.17. The molecule has 2 atom stereocenters. The lowest BCUT2D eigenvalue weighted by Crippen LogP contribution is -2.26. The molecule has 0 aromatic carbocycles. The third-order valence-corrected chi connectivity index (χ3v) is 3.10. The lowest BCUT2D eigenvalue weighted by molar-refractivity contribution is -0.145. The van der Waals surface area contributed by atoms with Crippen LogP contribution in [0, 0.1) is 5.92 Å². The van der Waals surface area contributed by atoms with Crippen LogP contribution >= 0.6 is 0 Å². The average Bonchev–Trinajstić information content (AvgIpc) is 2.81. The second-order valence-corrected chi connectivity index (χ2v) is 4.49. The molecule has 1 aliphatic heterocycles. The van der Waals surface area contributed by atoms with Gasteiger partial charge < -0.3 is 10.1 Å². The first-order chi connectivity index (χ1) is 7.84. The van der Waals surface area contributed by atoms with Crippen molar-refractivity contribution >= 4 is 5.97 Å². The zero-order valence-electron chi connectivity index (χ0n) is 9.52. The van der Waals surface area contributed by atoms with Gasteiger partial charge in [0.1, 0.15) is 0 Å². The van der Waals surface area contributed by atoms with Crippen LogP contribution in [0.1, 0.15) is 25.7 Å². The van der Waals surface area contributed by atoms with Gasteiger partial charge in [-0.15, -0.1) is 0 Å². The monoisotopic (exact) mass is 221 g/mol. The van der Waals surface area contributed by atoms with E-state index in [0.29, 0.717) is 25.0 Å². The average molecular weight is 221 g/mol. The third-order valence-electron chi connectivity index (χ3n) is 3.10. The topological polar surface area (TPSA) is 38.3 Å². The number of allylic oxidation sites excluding steroid dienone is 3. The molecule has 1 saturated heterocycles. The van der Waals surface area contributed by atoms with Crippen molar-refractivity contribution in [3.8, 4) is 0 Å². The van der Waals surface area contributed by atoms with Crippen molar-refractivity contribution in [3.05, 3.63) is 24.3 Å². The summed E-state index contributed by atoms with van der Waals surface area (Å²) in [6.07, 6.45) is 12.0. The minimum absolute atomic E-state index is 0.0673. The highest BCUT2D eigenvalue weighted by atomic mass is 16.5. The SMILES string of the molecule is O=C(CC1CCCN1)OCC1C=CC=CC1. The number of carbonyl (C=O) groups is 1. The number of carbonyl (C=O) groups excluding carboxylic acids is 1. The second-order valence-electron chi connectivity index (χ2n) is 4.49. The standard InChI is InChI=1S/C13H19NO2/c15-13(9-12-7-4-8-14-12)16-10-11-5-2-1-3-6-11/h1-3,5,11-12,14H,4,6-10H2. The molecule has 88 valence electrons. The maximum absolute atomic E-state index is 11.5. The molecule has 1 fully saturated rings. The minimum atomic E-state index is -0.0673. The molecule has 0 amide bonds. The summed E-state index contributed by atoms with van der Waals surface area (Å²) in [6.45, 7) is 1.56. The lowest BCUT2D eigenvalue weighted by atomic mass is 10.0. The van der Waals surface area contributed by atoms with Gasteiger partial charge in [-0.1, -0.05) is 24.3 Å². The van der Waals surface area contributed by atoms with Crippen molar-refractivity contribution in [3.63, 3.8) is 0 Å². The third kappa shape index (κ3) is 3.49. The van der Waals surface area contributed by atoms with Crippen molar-refractivity contribution in [2.24, 2.45) is 5.92 Å². The number of nitrogens with one attached hydrogen (secondary N) is 1. The number of ether oxygens (including phenoxy) is 1. The normalized spacial score (nSPS) is 28.2. The molecule has 16 heavy (non-hydrogen) atoms. The molecule has 0 saturated carbocycles. The van der Waals surface area contributed by atoms with Gasteiger partial charge in [-0.05, 0) is 25.8 Å². The van der Waals surface area contributed by atoms with Crippen molar-refractivity contribution in [1.29, 1.82) is 0 Å². The zero-order valence-corrected chi connectivity index (χ0v) is 9.52. The van der Waals surface area contributed by atoms with Gasteiger partial charge in [0, 0.05) is 12.0 Å². The Morgan fingerprint density at radius 2 is 2.38 bits per heavy atom. The molecule has 0 aromatic rings. The van der Waals surface area contributed by atoms with E-state index in [1.54, 1.807) is 0 Å². The van der Waals surface area contributed by atoms with Crippen molar-refractivity contribution in [1.82, 2.24) is 5.32 Å². The molecule has 1 aliphatic carbocycles. The Bertz CT molecular complexity index is 290. The van der Waals surface area contributed by atoms with Crippen LogP contribution < -0.4 is 5.32 Å². The van der Waals surface area contributed by atoms with Crippen LogP contribution in [0.25, 0.3) is 0 Å². The molecular weight excluding hydrogens is 202 g/mol. The van der Waals surface area contributed by atoms with E-state index >= 15 is 0 Å². The molecule has 1 N–H and O–H groups in total. The van der Waals surface area contributed by atoms with Gasteiger partial charge in [-0.25, -0.2) is 0 Å². The zero-order chi connectivity index (χ0) is 11.2. The van der Waals surface area contributed by atoms with E-state index in [9.17, 15) is 4.79 Å². The number of rotatable bonds is 4. The Morgan fingerprint density at radius 3 is 3.06 bits per heavy atom. The Hall–Kier alpha value is -1.09. The number of esters is 1. The molecule has 0 aromatic heterocycles. The predicted molar refractivity (Wildman–Crippen MR) is 63.0 cm³/mol. The van der Waals surface area contributed by atoms with E-state index in [0.717, 1.165) is 19.4 Å². The second kappa shape index (κ2) is 5.85. The summed E-state index contributed by atoms with van der Waals surface area (Å²) in [5, 5.41) is 3.30. The van der Waals surface area contributed by atoms with Gasteiger partial charge in [0.15, 0.2) is 0 Å². The first kappa shape index (κ1) is 11.4. The van der Waals surface area contributed by atoms with Gasteiger partial charge in [0.25, 0.3) is 0 Å². The molecular formula is C13H19NO2. The van der Waals surface area contributed by atoms with E-state index in [1.165, 1.54) is 6.42 Å². The van der Waals surface area contributed by atoms with Crippen LogP contribution in [0.5, 0.6) is 0 Å². The molecule has 0 bridgehead atoms. The van der Waals surface area contributed by atoms with Crippen molar-refractivity contribution < 1.29 is 9.53 Å². The predicted octanol–water partition coefficient (Wildman–Crippen LogP) is 1.80. The van der Waals surface area contributed by atoms with E-state index in [-0.39, 0.29) is 5.97 Å². The van der Waals surface area contributed by atoms with Gasteiger partial charge in [-0.2, -0.15) is 0 Å². The summed E-state index contributed by atoms with van der Waals surface area (Å²) in [7, 11) is 0. The van der Waals surface area contributed by atoms with Crippen LogP contribution in [0.4, 0.5) is 0 Å². The van der Waals surface area contributed by atoms with Gasteiger partial charge >= 0.3 is 5.97 Å². The van der Waals surface area contributed by atoms with Gasteiger partial charge in [-0.3, -0.25) is 4.79 Å². The Morgan fingerprint density at radius 1 is 1.44 bits per heavy atom. The fourth-order valence-corrected chi connectivity index (χ4v) is 2.15. The summed E-state index contributed by atoms with van der Waals surface area (Å²) in [5.41, 5.74) is 0. The van der Waals surface area contributed by atoms with Crippen LogP contribution in [-0.4, -0.2) is 25.2 Å². The Balaban J connectivity index is 1.63. The van der Waals surface area contributed by atoms with Gasteiger partial charge in [0.2, 0.25) is 0 Å². The highest BCUT2D eigenvalue weighted by Gasteiger charge is 2.19. The van der Waals surface area contributed by atoms with Crippen LogP contribution in [0.3, 0.4) is 0 Å². The Labute approximate surface area is 96.6 Å². The van der Waals surface area contributed by atoms with E-state index in [1.807, 2.05) is 12.2 Å². The molecule has 0 spiro atoms. The minimum Gasteiger partial charge on any atom is -0.465 e. The number of hydrogen-bond acceptors (Lipinski definition) is 3. The highest BCUT2D eigenvalue weighted by Crippen LogP contribution is 2.13. The number of hydrogen-bond donors (Lipinski definition) is 1. The molecule has 2 aliphatic rings. The molecule has 1 heterocycles. The summed E-state index contributed by atoms with van der Waals surface area (Å²) in [4.78, 5) is 11.5. The molecule has 3 heteroatoms. The molecule has 2 rings (SSSR count). The molecule has 3 nitrogen and oxygen atoms in total.